The highest BCUT2D eigenvalue weighted by Gasteiger charge is 2.28. The molecule has 1 aliphatic rings. The maximum atomic E-state index is 12.2. The SMILES string of the molecule is Cc1ncsc1-c1ccc([C@H](C)NC(=O)[C@H]2C[C@H](O)CN2)cc1.Cl. The number of nitrogens with zero attached hydrogens (tertiary/aromatic N) is 1. The van der Waals surface area contributed by atoms with Crippen molar-refractivity contribution in [1.29, 1.82) is 0 Å². The minimum atomic E-state index is -0.428. The van der Waals surface area contributed by atoms with E-state index >= 15 is 0 Å². The van der Waals surface area contributed by atoms with Crippen LogP contribution in [0.3, 0.4) is 0 Å². The Morgan fingerprint density at radius 3 is 2.67 bits per heavy atom. The van der Waals surface area contributed by atoms with Crippen molar-refractivity contribution in [2.45, 2.75) is 38.5 Å². The maximum Gasteiger partial charge on any atom is 0.237 e. The normalized spacial score (nSPS) is 21.1. The number of hydrogen-bond donors (Lipinski definition) is 3. The topological polar surface area (TPSA) is 74.2 Å². The minimum absolute atomic E-state index is 0. The number of halogens is 1. The van der Waals surface area contributed by atoms with Crippen LogP contribution in [-0.4, -0.2) is 34.7 Å². The molecular weight excluding hydrogens is 346 g/mol. The van der Waals surface area contributed by atoms with Crippen LogP contribution in [0, 0.1) is 6.92 Å². The summed E-state index contributed by atoms with van der Waals surface area (Å²) in [5.74, 6) is -0.0589. The number of rotatable bonds is 4. The number of thiazole rings is 1. The molecule has 0 spiro atoms. The third-order valence-electron chi connectivity index (χ3n) is 4.20. The van der Waals surface area contributed by atoms with Gasteiger partial charge in [-0.25, -0.2) is 4.98 Å². The predicted molar refractivity (Wildman–Crippen MR) is 98.5 cm³/mol. The molecule has 2 aromatic rings. The molecule has 1 aromatic carbocycles. The average Bonchev–Trinajstić information content (AvgIpc) is 3.16. The summed E-state index contributed by atoms with van der Waals surface area (Å²) >= 11 is 1.63. The van der Waals surface area contributed by atoms with Gasteiger partial charge in [0.25, 0.3) is 0 Å². The standard InChI is InChI=1S/C17H21N3O2S.ClH/c1-10(20-17(22)15-7-14(21)8-18-15)12-3-5-13(6-4-12)16-11(2)19-9-23-16;/h3-6,9-10,14-15,18,21H,7-8H2,1-2H3,(H,20,22);1H/t10-,14-,15+;/m0./s1. The fourth-order valence-corrected chi connectivity index (χ4v) is 3.63. The maximum absolute atomic E-state index is 12.2. The summed E-state index contributed by atoms with van der Waals surface area (Å²) in [6, 6.07) is 7.84. The number of amides is 1. The van der Waals surface area contributed by atoms with E-state index in [9.17, 15) is 9.90 Å². The molecule has 3 rings (SSSR count). The molecule has 0 unspecified atom stereocenters. The quantitative estimate of drug-likeness (QED) is 0.776. The molecule has 7 heteroatoms. The molecule has 0 saturated carbocycles. The molecule has 24 heavy (non-hydrogen) atoms. The average molecular weight is 368 g/mol. The molecular formula is C17H22ClN3O2S. The molecule has 0 bridgehead atoms. The molecule has 130 valence electrons. The number of aromatic nitrogens is 1. The van der Waals surface area contributed by atoms with E-state index in [1.807, 2.05) is 31.5 Å². The van der Waals surface area contributed by atoms with Gasteiger partial charge in [0.2, 0.25) is 5.91 Å². The smallest absolute Gasteiger partial charge is 0.237 e. The Bertz CT molecular complexity index is 689. The van der Waals surface area contributed by atoms with E-state index in [-0.39, 0.29) is 30.4 Å². The van der Waals surface area contributed by atoms with Gasteiger partial charge in [-0.05, 0) is 31.4 Å². The van der Waals surface area contributed by atoms with Crippen LogP contribution in [0.25, 0.3) is 10.4 Å². The van der Waals surface area contributed by atoms with Crippen LogP contribution in [0.4, 0.5) is 0 Å². The molecule has 2 heterocycles. The highest BCUT2D eigenvalue weighted by atomic mass is 35.5. The van der Waals surface area contributed by atoms with E-state index in [0.29, 0.717) is 13.0 Å². The molecule has 1 amide bonds. The highest BCUT2D eigenvalue weighted by Crippen LogP contribution is 2.28. The van der Waals surface area contributed by atoms with Gasteiger partial charge in [0.1, 0.15) is 0 Å². The van der Waals surface area contributed by atoms with Crippen LogP contribution in [-0.2, 0) is 4.79 Å². The Balaban J connectivity index is 0.00000208. The summed E-state index contributed by atoms with van der Waals surface area (Å²) in [6.45, 7) is 4.46. The van der Waals surface area contributed by atoms with Gasteiger partial charge < -0.3 is 15.7 Å². The van der Waals surface area contributed by atoms with Gasteiger partial charge in [-0.3, -0.25) is 4.79 Å². The summed E-state index contributed by atoms with van der Waals surface area (Å²) in [5.41, 5.74) is 5.09. The van der Waals surface area contributed by atoms with Crippen molar-refractivity contribution in [3.05, 3.63) is 41.0 Å². The number of hydrogen-bond acceptors (Lipinski definition) is 5. The lowest BCUT2D eigenvalue weighted by Crippen LogP contribution is -2.41. The zero-order valence-electron chi connectivity index (χ0n) is 13.7. The Kier molecular flexibility index (Phi) is 6.34. The summed E-state index contributed by atoms with van der Waals surface area (Å²) in [5, 5.41) is 15.5. The number of benzene rings is 1. The summed E-state index contributed by atoms with van der Waals surface area (Å²) in [7, 11) is 0. The van der Waals surface area contributed by atoms with E-state index in [4.69, 9.17) is 0 Å². The fraction of sp³-hybridized carbons (Fsp3) is 0.412. The molecule has 1 aromatic heterocycles. The van der Waals surface area contributed by atoms with Crippen LogP contribution in [0.15, 0.2) is 29.8 Å². The second-order valence-corrected chi connectivity index (χ2v) is 6.82. The third-order valence-corrected chi connectivity index (χ3v) is 5.18. The van der Waals surface area contributed by atoms with Gasteiger partial charge in [0.05, 0.1) is 34.3 Å². The Labute approximate surface area is 151 Å². The van der Waals surface area contributed by atoms with Crippen LogP contribution < -0.4 is 10.6 Å². The number of aliphatic hydroxyl groups excluding tert-OH is 1. The van der Waals surface area contributed by atoms with Crippen LogP contribution >= 0.6 is 23.7 Å². The van der Waals surface area contributed by atoms with E-state index in [1.54, 1.807) is 11.3 Å². The van der Waals surface area contributed by atoms with Crippen molar-refractivity contribution in [3.8, 4) is 10.4 Å². The largest absolute Gasteiger partial charge is 0.392 e. The van der Waals surface area contributed by atoms with E-state index in [1.165, 1.54) is 4.88 Å². The molecule has 0 aliphatic carbocycles. The number of carbonyl (C=O) groups is 1. The van der Waals surface area contributed by atoms with Crippen LogP contribution in [0.5, 0.6) is 0 Å². The summed E-state index contributed by atoms with van der Waals surface area (Å²) in [4.78, 5) is 17.6. The highest BCUT2D eigenvalue weighted by molar-refractivity contribution is 7.13. The van der Waals surface area contributed by atoms with Crippen molar-refractivity contribution in [1.82, 2.24) is 15.6 Å². The number of aryl methyl sites for hydroxylation is 1. The second-order valence-electron chi connectivity index (χ2n) is 5.97. The Morgan fingerprint density at radius 1 is 1.42 bits per heavy atom. The Morgan fingerprint density at radius 2 is 2.12 bits per heavy atom. The fourth-order valence-electron chi connectivity index (χ4n) is 2.82. The molecule has 1 fully saturated rings. The first kappa shape index (κ1) is 18.9. The van der Waals surface area contributed by atoms with E-state index < -0.39 is 6.10 Å². The van der Waals surface area contributed by atoms with Crippen LogP contribution in [0.2, 0.25) is 0 Å². The van der Waals surface area contributed by atoms with Crippen LogP contribution in [0.1, 0.15) is 30.6 Å². The second kappa shape index (κ2) is 8.07. The van der Waals surface area contributed by atoms with Gasteiger partial charge in [-0.1, -0.05) is 24.3 Å². The van der Waals surface area contributed by atoms with E-state index in [2.05, 4.69) is 27.8 Å². The summed E-state index contributed by atoms with van der Waals surface area (Å²) in [6.07, 6.45) is 0.0466. The van der Waals surface area contributed by atoms with E-state index in [0.717, 1.165) is 16.8 Å². The first-order valence-corrected chi connectivity index (χ1v) is 8.65. The predicted octanol–water partition coefficient (Wildman–Crippen LogP) is 2.44. The third kappa shape index (κ3) is 4.13. The molecule has 1 saturated heterocycles. The Hall–Kier alpha value is -1.47. The lowest BCUT2D eigenvalue weighted by molar-refractivity contribution is -0.123. The van der Waals surface area contributed by atoms with Crippen molar-refractivity contribution >= 4 is 29.7 Å². The first-order valence-electron chi connectivity index (χ1n) is 7.77. The van der Waals surface area contributed by atoms with Crippen molar-refractivity contribution in [2.24, 2.45) is 0 Å². The first-order chi connectivity index (χ1) is 11.0. The minimum Gasteiger partial charge on any atom is -0.392 e. The molecule has 3 atom stereocenters. The van der Waals surface area contributed by atoms with Crippen molar-refractivity contribution in [2.75, 3.05) is 6.54 Å². The lowest BCUT2D eigenvalue weighted by atomic mass is 10.0. The van der Waals surface area contributed by atoms with Gasteiger partial charge in [-0.2, -0.15) is 0 Å². The van der Waals surface area contributed by atoms with Crippen molar-refractivity contribution in [3.63, 3.8) is 0 Å². The number of nitrogens with one attached hydrogen (secondary N) is 2. The van der Waals surface area contributed by atoms with Gasteiger partial charge >= 0.3 is 0 Å². The monoisotopic (exact) mass is 367 g/mol. The van der Waals surface area contributed by atoms with Gasteiger partial charge in [0, 0.05) is 6.54 Å². The summed E-state index contributed by atoms with van der Waals surface area (Å²) < 4.78 is 0. The molecule has 1 aliphatic heterocycles. The number of β-amino-alcohol motifs (C(OH)–C–C–N with tert-alkyl or cyclic N) is 1. The van der Waals surface area contributed by atoms with Gasteiger partial charge in [-0.15, -0.1) is 23.7 Å². The molecule has 3 N–H and O–H groups in total. The van der Waals surface area contributed by atoms with Crippen molar-refractivity contribution < 1.29 is 9.90 Å². The zero-order valence-corrected chi connectivity index (χ0v) is 15.3. The lowest BCUT2D eigenvalue weighted by Gasteiger charge is -2.18. The van der Waals surface area contributed by atoms with Gasteiger partial charge in [0.15, 0.2) is 0 Å². The molecule has 5 nitrogen and oxygen atoms in total. The molecule has 0 radical (unpaired) electrons. The zero-order chi connectivity index (χ0) is 16.4. The number of aliphatic hydroxyl groups is 1. The number of carbonyl (C=O) groups excluding carboxylic acids is 1.